The molecule has 1 saturated heterocycles. The number of likely N-dealkylation sites (tertiary alicyclic amines) is 1. The minimum absolute atomic E-state index is 0.459. The monoisotopic (exact) mass is 282 g/mol. The molecule has 2 atom stereocenters. The van der Waals surface area contributed by atoms with E-state index in [0.29, 0.717) is 5.41 Å². The minimum atomic E-state index is 0.459. The van der Waals surface area contributed by atoms with Gasteiger partial charge in [0.25, 0.3) is 0 Å². The van der Waals surface area contributed by atoms with Crippen molar-refractivity contribution in [3.05, 3.63) is 0 Å². The number of rotatable bonds is 8. The third-order valence-electron chi connectivity index (χ3n) is 5.60. The first-order chi connectivity index (χ1) is 9.44. The third-order valence-corrected chi connectivity index (χ3v) is 5.60. The summed E-state index contributed by atoms with van der Waals surface area (Å²) in [5, 5.41) is 3.72. The zero-order valence-electron chi connectivity index (χ0n) is 14.8. The number of nitrogens with zero attached hydrogens (tertiary/aromatic N) is 1. The highest BCUT2D eigenvalue weighted by Gasteiger charge is 2.33. The van der Waals surface area contributed by atoms with E-state index in [1.165, 1.54) is 45.3 Å². The van der Waals surface area contributed by atoms with Gasteiger partial charge in [0.1, 0.15) is 0 Å². The van der Waals surface area contributed by atoms with Crippen molar-refractivity contribution in [2.45, 2.75) is 73.3 Å². The van der Waals surface area contributed by atoms with Crippen LogP contribution in [0.2, 0.25) is 0 Å². The van der Waals surface area contributed by atoms with Crippen LogP contribution < -0.4 is 5.32 Å². The third kappa shape index (κ3) is 5.04. The van der Waals surface area contributed by atoms with Gasteiger partial charge in [0.2, 0.25) is 0 Å². The van der Waals surface area contributed by atoms with Crippen LogP contribution in [0.5, 0.6) is 0 Å². The summed E-state index contributed by atoms with van der Waals surface area (Å²) in [4.78, 5) is 2.76. The fourth-order valence-corrected chi connectivity index (χ4v) is 3.48. The summed E-state index contributed by atoms with van der Waals surface area (Å²) in [6.07, 6.45) is 5.36. The van der Waals surface area contributed by atoms with Crippen molar-refractivity contribution in [1.82, 2.24) is 10.2 Å². The molecule has 0 aliphatic carbocycles. The lowest BCUT2D eigenvalue weighted by molar-refractivity contribution is 0.0539. The molecule has 1 heterocycles. The molecule has 1 fully saturated rings. The van der Waals surface area contributed by atoms with Gasteiger partial charge in [-0.1, -0.05) is 34.6 Å². The highest BCUT2D eigenvalue weighted by atomic mass is 15.2. The fraction of sp³-hybridized carbons (Fsp3) is 1.00. The molecular weight excluding hydrogens is 244 g/mol. The smallest absolute Gasteiger partial charge is 0.00928 e. The first-order valence-electron chi connectivity index (χ1n) is 8.89. The van der Waals surface area contributed by atoms with Gasteiger partial charge in [0.15, 0.2) is 0 Å². The van der Waals surface area contributed by atoms with Gasteiger partial charge in [-0.25, -0.2) is 0 Å². The van der Waals surface area contributed by atoms with Gasteiger partial charge in [0, 0.05) is 19.1 Å². The summed E-state index contributed by atoms with van der Waals surface area (Å²) in [5.41, 5.74) is 0.459. The molecule has 0 radical (unpaired) electrons. The van der Waals surface area contributed by atoms with Gasteiger partial charge in [0.05, 0.1) is 0 Å². The van der Waals surface area contributed by atoms with E-state index in [2.05, 4.69) is 51.8 Å². The maximum Gasteiger partial charge on any atom is 0.00928 e. The summed E-state index contributed by atoms with van der Waals surface area (Å²) < 4.78 is 0. The molecule has 0 aromatic carbocycles. The first-order valence-corrected chi connectivity index (χ1v) is 8.89. The van der Waals surface area contributed by atoms with Crippen LogP contribution >= 0.6 is 0 Å². The molecule has 1 rings (SSSR count). The Kier molecular flexibility index (Phi) is 7.53. The second-order valence-corrected chi connectivity index (χ2v) is 7.56. The predicted molar refractivity (Wildman–Crippen MR) is 90.2 cm³/mol. The zero-order valence-corrected chi connectivity index (χ0v) is 14.8. The van der Waals surface area contributed by atoms with Crippen molar-refractivity contribution in [3.63, 3.8) is 0 Å². The Balaban J connectivity index is 2.60. The minimum Gasteiger partial charge on any atom is -0.316 e. The molecule has 1 N–H and O–H groups in total. The topological polar surface area (TPSA) is 15.3 Å². The highest BCUT2D eigenvalue weighted by Crippen LogP contribution is 2.31. The molecule has 0 aromatic heterocycles. The summed E-state index contributed by atoms with van der Waals surface area (Å²) in [7, 11) is 0. The molecule has 120 valence electrons. The van der Waals surface area contributed by atoms with Gasteiger partial charge in [-0.3, -0.25) is 4.90 Å². The van der Waals surface area contributed by atoms with E-state index in [1.54, 1.807) is 0 Å². The SMILES string of the molecule is CCC(CC)(CNCC(C)C)CN1CCCC(C)C1C. The van der Waals surface area contributed by atoms with Crippen molar-refractivity contribution in [3.8, 4) is 0 Å². The molecule has 0 saturated carbocycles. The maximum absolute atomic E-state index is 3.72. The van der Waals surface area contributed by atoms with Crippen molar-refractivity contribution in [1.29, 1.82) is 0 Å². The molecule has 0 amide bonds. The van der Waals surface area contributed by atoms with E-state index < -0.39 is 0 Å². The molecule has 20 heavy (non-hydrogen) atoms. The number of hydrogen-bond donors (Lipinski definition) is 1. The van der Waals surface area contributed by atoms with Crippen molar-refractivity contribution in [2.75, 3.05) is 26.2 Å². The van der Waals surface area contributed by atoms with Crippen LogP contribution in [0, 0.1) is 17.3 Å². The van der Waals surface area contributed by atoms with E-state index in [1.807, 2.05) is 0 Å². The van der Waals surface area contributed by atoms with Gasteiger partial charge in [-0.05, 0) is 62.9 Å². The first kappa shape index (κ1) is 18.0. The Labute approximate surface area is 127 Å². The van der Waals surface area contributed by atoms with E-state index in [0.717, 1.165) is 24.4 Å². The van der Waals surface area contributed by atoms with E-state index in [9.17, 15) is 0 Å². The molecular formula is C18H38N2. The molecule has 0 aromatic rings. The Bertz CT molecular complexity index is 258. The van der Waals surface area contributed by atoms with Gasteiger partial charge in [-0.15, -0.1) is 0 Å². The lowest BCUT2D eigenvalue weighted by Gasteiger charge is -2.44. The van der Waals surface area contributed by atoms with Crippen molar-refractivity contribution >= 4 is 0 Å². The number of hydrogen-bond acceptors (Lipinski definition) is 2. The van der Waals surface area contributed by atoms with Crippen LogP contribution in [0.15, 0.2) is 0 Å². The molecule has 1 aliphatic heterocycles. The number of nitrogens with one attached hydrogen (secondary N) is 1. The van der Waals surface area contributed by atoms with Gasteiger partial charge >= 0.3 is 0 Å². The Hall–Kier alpha value is -0.0800. The maximum atomic E-state index is 3.72. The molecule has 0 bridgehead atoms. The quantitative estimate of drug-likeness (QED) is 0.719. The van der Waals surface area contributed by atoms with Gasteiger partial charge < -0.3 is 5.32 Å². The van der Waals surface area contributed by atoms with E-state index in [-0.39, 0.29) is 0 Å². The molecule has 2 unspecified atom stereocenters. The summed E-state index contributed by atoms with van der Waals surface area (Å²) >= 11 is 0. The summed E-state index contributed by atoms with van der Waals surface area (Å²) in [6, 6.07) is 0.756. The second-order valence-electron chi connectivity index (χ2n) is 7.56. The van der Waals surface area contributed by atoms with Gasteiger partial charge in [-0.2, -0.15) is 0 Å². The normalized spacial score (nSPS) is 25.4. The Morgan fingerprint density at radius 2 is 1.85 bits per heavy atom. The van der Waals surface area contributed by atoms with Crippen LogP contribution in [0.3, 0.4) is 0 Å². The van der Waals surface area contributed by atoms with E-state index in [4.69, 9.17) is 0 Å². The summed E-state index contributed by atoms with van der Waals surface area (Å²) in [5.74, 6) is 1.61. The molecule has 2 nitrogen and oxygen atoms in total. The zero-order chi connectivity index (χ0) is 15.2. The lowest BCUT2D eigenvalue weighted by Crippen LogP contribution is -2.50. The van der Waals surface area contributed by atoms with Crippen LogP contribution in [-0.4, -0.2) is 37.1 Å². The average molecular weight is 283 g/mol. The Morgan fingerprint density at radius 1 is 1.20 bits per heavy atom. The van der Waals surface area contributed by atoms with Crippen molar-refractivity contribution in [2.24, 2.45) is 17.3 Å². The standard InChI is InChI=1S/C18H38N2/c1-7-18(8-2,13-19-12-15(3)4)14-20-11-9-10-16(5)17(20)6/h15-17,19H,7-14H2,1-6H3. The lowest BCUT2D eigenvalue weighted by atomic mass is 9.79. The van der Waals surface area contributed by atoms with Crippen LogP contribution in [0.25, 0.3) is 0 Å². The Morgan fingerprint density at radius 3 is 2.40 bits per heavy atom. The number of piperidine rings is 1. The largest absolute Gasteiger partial charge is 0.316 e. The molecule has 1 aliphatic rings. The summed E-state index contributed by atoms with van der Waals surface area (Å²) in [6.45, 7) is 19.1. The highest BCUT2D eigenvalue weighted by molar-refractivity contribution is 4.87. The average Bonchev–Trinajstić information content (AvgIpc) is 2.42. The van der Waals surface area contributed by atoms with Crippen LogP contribution in [0.1, 0.15) is 67.2 Å². The second kappa shape index (κ2) is 8.38. The molecule has 0 spiro atoms. The fourth-order valence-electron chi connectivity index (χ4n) is 3.48. The predicted octanol–water partition coefficient (Wildman–Crippen LogP) is 4.16. The van der Waals surface area contributed by atoms with Crippen molar-refractivity contribution < 1.29 is 0 Å². The molecule has 2 heteroatoms. The van der Waals surface area contributed by atoms with E-state index >= 15 is 0 Å². The van der Waals surface area contributed by atoms with Crippen LogP contribution in [-0.2, 0) is 0 Å². The van der Waals surface area contributed by atoms with Crippen LogP contribution in [0.4, 0.5) is 0 Å².